The Morgan fingerprint density at radius 1 is 1.17 bits per heavy atom. The normalized spacial score (nSPS) is 13.8. The number of aryl methyl sites for hydroxylation is 1. The van der Waals surface area contributed by atoms with Crippen LogP contribution in [0.4, 0.5) is 15.3 Å². The number of aliphatic hydroxyl groups is 1. The van der Waals surface area contributed by atoms with Crippen molar-refractivity contribution in [2.45, 2.75) is 85.3 Å². The Morgan fingerprint density at radius 3 is 2.42 bits per heavy atom. The van der Waals surface area contributed by atoms with E-state index in [0.717, 1.165) is 10.4 Å². The van der Waals surface area contributed by atoms with Gasteiger partial charge in [-0.15, -0.1) is 27.8 Å². The largest absolute Gasteiger partial charge is 0.444 e. The van der Waals surface area contributed by atoms with Crippen molar-refractivity contribution >= 4 is 50.8 Å². The number of thiophene rings is 2. The van der Waals surface area contributed by atoms with E-state index in [2.05, 4.69) is 15.5 Å². The molecule has 196 valence electrons. The number of aliphatic hydroxyl groups excluding tert-OH is 1. The van der Waals surface area contributed by atoms with Gasteiger partial charge in [-0.2, -0.15) is 5.10 Å². The average molecular weight is 535 g/mol. The van der Waals surface area contributed by atoms with Gasteiger partial charge in [-0.1, -0.05) is 6.07 Å². The number of rotatable bonds is 6. The van der Waals surface area contributed by atoms with Crippen LogP contribution in [0.15, 0.2) is 23.7 Å². The molecule has 1 unspecified atom stereocenters. The number of ether oxygens (including phenoxy) is 2. The summed E-state index contributed by atoms with van der Waals surface area (Å²) in [6.07, 6.45) is -0.593. The molecule has 0 spiro atoms. The summed E-state index contributed by atoms with van der Waals surface area (Å²) >= 11 is 2.85. The summed E-state index contributed by atoms with van der Waals surface area (Å²) in [6, 6.07) is 3.25. The Kier molecular flexibility index (Phi) is 8.27. The van der Waals surface area contributed by atoms with E-state index in [-0.39, 0.29) is 0 Å². The van der Waals surface area contributed by atoms with E-state index in [1.54, 1.807) is 32.6 Å². The van der Waals surface area contributed by atoms with Crippen molar-refractivity contribution in [3.05, 3.63) is 39.0 Å². The Bertz CT molecular complexity index is 1210. The van der Waals surface area contributed by atoms with E-state index in [9.17, 15) is 14.7 Å². The molecule has 3 rings (SSSR count). The molecule has 3 aromatic heterocycles. The van der Waals surface area contributed by atoms with Gasteiger partial charge >= 0.3 is 12.2 Å². The predicted octanol–water partition coefficient (Wildman–Crippen LogP) is 5.95. The summed E-state index contributed by atoms with van der Waals surface area (Å²) in [5.41, 5.74) is 0.521. The zero-order valence-corrected chi connectivity index (χ0v) is 23.5. The maximum absolute atomic E-state index is 13.3. The first-order valence-corrected chi connectivity index (χ1v) is 13.3. The van der Waals surface area contributed by atoms with Gasteiger partial charge < -0.3 is 19.9 Å². The molecule has 0 radical (unpaired) electrons. The monoisotopic (exact) mass is 534 g/mol. The number of hydrogen-bond donors (Lipinski definition) is 2. The first-order chi connectivity index (χ1) is 16.7. The summed E-state index contributed by atoms with van der Waals surface area (Å²) < 4.78 is 11.7. The summed E-state index contributed by atoms with van der Waals surface area (Å²) in [7, 11) is 0. The number of carbonyl (C=O) groups excluding carboxylic acids is 2. The number of nitrogens with zero attached hydrogens (tertiary/aromatic N) is 3. The minimum atomic E-state index is -1.02. The molecule has 3 aromatic rings. The lowest BCUT2D eigenvalue weighted by Crippen LogP contribution is -2.40. The third-order valence-corrected chi connectivity index (χ3v) is 7.24. The third kappa shape index (κ3) is 6.92. The van der Waals surface area contributed by atoms with Crippen LogP contribution in [-0.4, -0.2) is 44.7 Å². The number of carbonyl (C=O) groups is 2. The SMILES string of the molecule is Cc1c(C(O)[C@H](C)NC(=O)OC(C)(C)C)sc2c(N(Cc3cccs3)C(=O)OC(C)(C)C)cnnc12. The standard InChI is InChI=1S/C25H34N4O5S2/c1-14-18-21(36-20(14)19(30)15(2)27-22(31)33-24(3,4)5)17(12-26-28-18)29(13-16-10-9-11-35-16)23(32)34-25(6,7)8/h9-12,15,19,30H,13H2,1-8H3,(H,27,31)/t15-,19?/m0/s1. The van der Waals surface area contributed by atoms with Gasteiger partial charge in [-0.05, 0) is 72.4 Å². The van der Waals surface area contributed by atoms with Crippen LogP contribution in [0, 0.1) is 6.92 Å². The topological polar surface area (TPSA) is 114 Å². The molecule has 9 nitrogen and oxygen atoms in total. The number of anilines is 1. The lowest BCUT2D eigenvalue weighted by Gasteiger charge is -2.27. The van der Waals surface area contributed by atoms with Crippen molar-refractivity contribution < 1.29 is 24.2 Å². The van der Waals surface area contributed by atoms with Crippen molar-refractivity contribution in [1.82, 2.24) is 15.5 Å². The second-order valence-corrected chi connectivity index (χ2v) is 12.6. The minimum absolute atomic E-state index is 0.304. The number of hydrogen-bond acceptors (Lipinski definition) is 9. The van der Waals surface area contributed by atoms with Crippen molar-refractivity contribution in [3.8, 4) is 0 Å². The number of amides is 2. The summed E-state index contributed by atoms with van der Waals surface area (Å²) in [4.78, 5) is 28.6. The Morgan fingerprint density at radius 2 is 1.83 bits per heavy atom. The highest BCUT2D eigenvalue weighted by atomic mass is 32.1. The van der Waals surface area contributed by atoms with Gasteiger partial charge in [-0.25, -0.2) is 9.59 Å². The highest BCUT2D eigenvalue weighted by molar-refractivity contribution is 7.20. The molecule has 11 heteroatoms. The second-order valence-electron chi connectivity index (χ2n) is 10.5. The zero-order valence-electron chi connectivity index (χ0n) is 21.9. The summed E-state index contributed by atoms with van der Waals surface area (Å²) in [6.45, 7) is 14.6. The number of alkyl carbamates (subject to hydrolysis) is 1. The lowest BCUT2D eigenvalue weighted by molar-refractivity contribution is 0.0437. The molecule has 2 amide bonds. The predicted molar refractivity (Wildman–Crippen MR) is 143 cm³/mol. The van der Waals surface area contributed by atoms with Gasteiger partial charge in [0.1, 0.15) is 22.8 Å². The molecule has 0 aliphatic heterocycles. The Hall–Kier alpha value is -2.76. The maximum atomic E-state index is 13.3. The van der Waals surface area contributed by atoms with E-state index >= 15 is 0 Å². The maximum Gasteiger partial charge on any atom is 0.415 e. The fraction of sp³-hybridized carbons (Fsp3) is 0.520. The fourth-order valence-electron chi connectivity index (χ4n) is 3.41. The minimum Gasteiger partial charge on any atom is -0.444 e. The van der Waals surface area contributed by atoms with Crippen LogP contribution in [0.2, 0.25) is 0 Å². The van der Waals surface area contributed by atoms with Crippen LogP contribution in [0.1, 0.15) is 69.9 Å². The van der Waals surface area contributed by atoms with Crippen LogP contribution < -0.4 is 10.2 Å². The zero-order chi connectivity index (χ0) is 26.8. The van der Waals surface area contributed by atoms with Crippen molar-refractivity contribution in [2.75, 3.05) is 4.90 Å². The highest BCUT2D eigenvalue weighted by Crippen LogP contribution is 2.40. The van der Waals surface area contributed by atoms with Crippen LogP contribution in [0.25, 0.3) is 10.2 Å². The van der Waals surface area contributed by atoms with E-state index < -0.39 is 35.5 Å². The molecule has 2 atom stereocenters. The van der Waals surface area contributed by atoms with Gasteiger partial charge in [-0.3, -0.25) is 4.90 Å². The Labute approximate surface area is 219 Å². The smallest absolute Gasteiger partial charge is 0.415 e. The van der Waals surface area contributed by atoms with Crippen molar-refractivity contribution in [3.63, 3.8) is 0 Å². The van der Waals surface area contributed by atoms with E-state index in [1.807, 2.05) is 45.2 Å². The van der Waals surface area contributed by atoms with Gasteiger partial charge in [0.15, 0.2) is 0 Å². The molecule has 0 saturated carbocycles. The van der Waals surface area contributed by atoms with E-state index in [0.29, 0.717) is 27.3 Å². The third-order valence-electron chi connectivity index (χ3n) is 5.01. The molecular formula is C25H34N4O5S2. The van der Waals surface area contributed by atoms with Crippen molar-refractivity contribution in [2.24, 2.45) is 0 Å². The van der Waals surface area contributed by atoms with Gasteiger partial charge in [0.25, 0.3) is 0 Å². The molecule has 0 aliphatic carbocycles. The molecule has 0 aromatic carbocycles. The molecule has 0 fully saturated rings. The Balaban J connectivity index is 1.98. The average Bonchev–Trinajstić information content (AvgIpc) is 3.36. The molecule has 3 heterocycles. The number of aromatic nitrogens is 2. The van der Waals surface area contributed by atoms with Gasteiger partial charge in [0, 0.05) is 9.75 Å². The molecule has 0 aliphatic rings. The van der Waals surface area contributed by atoms with Crippen LogP contribution in [0.3, 0.4) is 0 Å². The van der Waals surface area contributed by atoms with E-state index in [1.165, 1.54) is 28.9 Å². The number of fused-ring (bicyclic) bond motifs is 1. The van der Waals surface area contributed by atoms with Crippen LogP contribution >= 0.6 is 22.7 Å². The van der Waals surface area contributed by atoms with Crippen LogP contribution in [-0.2, 0) is 16.0 Å². The quantitative estimate of drug-likeness (QED) is 0.402. The summed E-state index contributed by atoms with van der Waals surface area (Å²) in [5.74, 6) is 0. The molecular weight excluding hydrogens is 500 g/mol. The second kappa shape index (κ2) is 10.7. The molecule has 36 heavy (non-hydrogen) atoms. The first-order valence-electron chi connectivity index (χ1n) is 11.6. The lowest BCUT2D eigenvalue weighted by atomic mass is 10.1. The number of nitrogens with one attached hydrogen (secondary N) is 1. The van der Waals surface area contributed by atoms with Gasteiger partial charge in [0.05, 0.1) is 29.2 Å². The highest BCUT2D eigenvalue weighted by Gasteiger charge is 2.30. The fourth-order valence-corrected chi connectivity index (χ4v) is 5.46. The molecule has 0 saturated heterocycles. The summed E-state index contributed by atoms with van der Waals surface area (Å²) in [5, 5.41) is 24.2. The van der Waals surface area contributed by atoms with Crippen molar-refractivity contribution in [1.29, 1.82) is 0 Å². The van der Waals surface area contributed by atoms with Gasteiger partial charge in [0.2, 0.25) is 0 Å². The first kappa shape index (κ1) is 27.8. The molecule has 2 N–H and O–H groups in total. The molecule has 0 bridgehead atoms. The van der Waals surface area contributed by atoms with E-state index in [4.69, 9.17) is 9.47 Å². The van der Waals surface area contributed by atoms with Crippen LogP contribution in [0.5, 0.6) is 0 Å².